The molecule has 20 heavy (non-hydrogen) atoms. The third kappa shape index (κ3) is 3.18. The van der Waals surface area contributed by atoms with Crippen molar-refractivity contribution in [1.82, 2.24) is 0 Å². The molecule has 2 rings (SSSR count). The SMILES string of the molecule is CCOC(=O)CCC1(C)CC(=O)c2cc(C)ccc2O1. The molecule has 4 nitrogen and oxygen atoms in total. The van der Waals surface area contributed by atoms with Gasteiger partial charge in [-0.3, -0.25) is 9.59 Å². The van der Waals surface area contributed by atoms with E-state index < -0.39 is 5.60 Å². The van der Waals surface area contributed by atoms with E-state index >= 15 is 0 Å². The molecule has 4 heteroatoms. The summed E-state index contributed by atoms with van der Waals surface area (Å²) in [5.41, 5.74) is 1.04. The third-order valence-electron chi connectivity index (χ3n) is 3.49. The fourth-order valence-electron chi connectivity index (χ4n) is 2.43. The Labute approximate surface area is 119 Å². The fraction of sp³-hybridized carbons (Fsp3) is 0.500. The van der Waals surface area contributed by atoms with Crippen molar-refractivity contribution in [2.24, 2.45) is 0 Å². The van der Waals surface area contributed by atoms with Gasteiger partial charge in [0.1, 0.15) is 11.4 Å². The number of ketones is 1. The number of rotatable bonds is 4. The summed E-state index contributed by atoms with van der Waals surface area (Å²) in [4.78, 5) is 23.7. The summed E-state index contributed by atoms with van der Waals surface area (Å²) in [6.07, 6.45) is 1.03. The van der Waals surface area contributed by atoms with Gasteiger partial charge in [0.2, 0.25) is 0 Å². The molecule has 0 bridgehead atoms. The third-order valence-corrected chi connectivity index (χ3v) is 3.49. The van der Waals surface area contributed by atoms with Crippen LogP contribution in [0.1, 0.15) is 49.0 Å². The first kappa shape index (κ1) is 14.6. The minimum atomic E-state index is -0.633. The van der Waals surface area contributed by atoms with Crippen LogP contribution in [0.25, 0.3) is 0 Å². The number of hydrogen-bond acceptors (Lipinski definition) is 4. The second kappa shape index (κ2) is 5.65. The van der Waals surface area contributed by atoms with Crippen LogP contribution in [0, 0.1) is 6.92 Å². The van der Waals surface area contributed by atoms with E-state index in [9.17, 15) is 9.59 Å². The number of carbonyl (C=O) groups is 2. The number of esters is 1. The summed E-state index contributed by atoms with van der Waals surface area (Å²) in [6, 6.07) is 5.59. The Morgan fingerprint density at radius 1 is 1.45 bits per heavy atom. The van der Waals surface area contributed by atoms with Crippen molar-refractivity contribution in [3.05, 3.63) is 29.3 Å². The molecular weight excluding hydrogens is 256 g/mol. The molecule has 1 aliphatic rings. The maximum atomic E-state index is 12.2. The standard InChI is InChI=1S/C16H20O4/c1-4-19-15(18)7-8-16(3)10-13(17)12-9-11(2)5-6-14(12)20-16/h5-6,9H,4,7-8,10H2,1-3H3. The van der Waals surface area contributed by atoms with Crippen molar-refractivity contribution >= 4 is 11.8 Å². The van der Waals surface area contributed by atoms with E-state index in [1.54, 1.807) is 6.92 Å². The predicted molar refractivity (Wildman–Crippen MR) is 75.0 cm³/mol. The zero-order valence-corrected chi connectivity index (χ0v) is 12.2. The lowest BCUT2D eigenvalue weighted by Gasteiger charge is -2.34. The predicted octanol–water partition coefficient (Wildman–Crippen LogP) is 3.06. The van der Waals surface area contributed by atoms with Gasteiger partial charge < -0.3 is 9.47 Å². The smallest absolute Gasteiger partial charge is 0.305 e. The Kier molecular flexibility index (Phi) is 4.12. The van der Waals surface area contributed by atoms with Gasteiger partial charge in [0, 0.05) is 6.42 Å². The van der Waals surface area contributed by atoms with Crippen LogP contribution in [0.5, 0.6) is 5.75 Å². The Hall–Kier alpha value is -1.84. The van der Waals surface area contributed by atoms with Crippen molar-refractivity contribution in [1.29, 1.82) is 0 Å². The molecule has 1 aliphatic heterocycles. The van der Waals surface area contributed by atoms with Crippen LogP contribution in [0.3, 0.4) is 0 Å². The summed E-state index contributed by atoms with van der Waals surface area (Å²) < 4.78 is 10.9. The number of benzene rings is 1. The molecular formula is C16H20O4. The van der Waals surface area contributed by atoms with Crippen molar-refractivity contribution in [2.45, 2.75) is 45.6 Å². The topological polar surface area (TPSA) is 52.6 Å². The molecule has 1 heterocycles. The van der Waals surface area contributed by atoms with Crippen molar-refractivity contribution in [2.75, 3.05) is 6.61 Å². The molecule has 1 unspecified atom stereocenters. The maximum Gasteiger partial charge on any atom is 0.305 e. The molecule has 0 aromatic heterocycles. The lowest BCUT2D eigenvalue weighted by atomic mass is 9.87. The van der Waals surface area contributed by atoms with Crippen LogP contribution in [0.15, 0.2) is 18.2 Å². The quantitative estimate of drug-likeness (QED) is 0.793. The number of aryl methyl sites for hydroxylation is 1. The molecule has 0 N–H and O–H groups in total. The van der Waals surface area contributed by atoms with Crippen LogP contribution in [0.4, 0.5) is 0 Å². The van der Waals surface area contributed by atoms with E-state index in [0.29, 0.717) is 30.8 Å². The monoisotopic (exact) mass is 276 g/mol. The van der Waals surface area contributed by atoms with Crippen LogP contribution in [-0.2, 0) is 9.53 Å². The number of hydrogen-bond donors (Lipinski definition) is 0. The number of ether oxygens (including phenoxy) is 2. The van der Waals surface area contributed by atoms with Crippen LogP contribution < -0.4 is 4.74 Å². The summed E-state index contributed by atoms with van der Waals surface area (Å²) >= 11 is 0. The molecule has 0 saturated carbocycles. The van der Waals surface area contributed by atoms with E-state index in [4.69, 9.17) is 9.47 Å². The zero-order chi connectivity index (χ0) is 14.8. The van der Waals surface area contributed by atoms with Crippen molar-refractivity contribution < 1.29 is 19.1 Å². The van der Waals surface area contributed by atoms with Gasteiger partial charge >= 0.3 is 5.97 Å². The minimum Gasteiger partial charge on any atom is -0.486 e. The normalized spacial score (nSPS) is 21.1. The van der Waals surface area contributed by atoms with Gasteiger partial charge in [-0.25, -0.2) is 0 Å². The lowest BCUT2D eigenvalue weighted by Crippen LogP contribution is -2.39. The first-order valence-electron chi connectivity index (χ1n) is 6.92. The van der Waals surface area contributed by atoms with Gasteiger partial charge in [-0.2, -0.15) is 0 Å². The van der Waals surface area contributed by atoms with Crippen LogP contribution in [0.2, 0.25) is 0 Å². The second-order valence-corrected chi connectivity index (χ2v) is 5.46. The van der Waals surface area contributed by atoms with E-state index in [0.717, 1.165) is 5.56 Å². The minimum absolute atomic E-state index is 0.0707. The maximum absolute atomic E-state index is 12.2. The average Bonchev–Trinajstić information content (AvgIpc) is 2.38. The van der Waals surface area contributed by atoms with Crippen LogP contribution in [-0.4, -0.2) is 24.0 Å². The van der Waals surface area contributed by atoms with E-state index in [1.165, 1.54) is 0 Å². The number of fused-ring (bicyclic) bond motifs is 1. The molecule has 1 aromatic carbocycles. The zero-order valence-electron chi connectivity index (χ0n) is 12.2. The first-order chi connectivity index (χ1) is 9.43. The highest BCUT2D eigenvalue weighted by atomic mass is 16.5. The van der Waals surface area contributed by atoms with Crippen LogP contribution >= 0.6 is 0 Å². The second-order valence-electron chi connectivity index (χ2n) is 5.46. The molecule has 108 valence electrons. The molecule has 0 saturated heterocycles. The summed E-state index contributed by atoms with van der Waals surface area (Å²) in [6.45, 7) is 5.96. The Morgan fingerprint density at radius 2 is 2.20 bits per heavy atom. The van der Waals surface area contributed by atoms with Gasteiger partial charge in [-0.1, -0.05) is 11.6 Å². The van der Waals surface area contributed by atoms with Gasteiger partial charge in [0.25, 0.3) is 0 Å². The Balaban J connectivity index is 2.10. The Bertz CT molecular complexity index is 535. The summed E-state index contributed by atoms with van der Waals surface area (Å²) in [7, 11) is 0. The lowest BCUT2D eigenvalue weighted by molar-refractivity contribution is -0.144. The largest absolute Gasteiger partial charge is 0.486 e. The number of Topliss-reactive ketones (excluding diaryl/α,β-unsaturated/α-hetero) is 1. The van der Waals surface area contributed by atoms with E-state index in [1.807, 2.05) is 32.0 Å². The van der Waals surface area contributed by atoms with E-state index in [-0.39, 0.29) is 18.2 Å². The van der Waals surface area contributed by atoms with Crippen molar-refractivity contribution in [3.8, 4) is 5.75 Å². The molecule has 0 aliphatic carbocycles. The van der Waals surface area contributed by atoms with Gasteiger partial charge in [-0.15, -0.1) is 0 Å². The molecule has 1 aromatic rings. The first-order valence-corrected chi connectivity index (χ1v) is 6.92. The number of carbonyl (C=O) groups excluding carboxylic acids is 2. The molecule has 0 fully saturated rings. The molecule has 0 spiro atoms. The molecule has 1 atom stereocenters. The van der Waals surface area contributed by atoms with Crippen molar-refractivity contribution in [3.63, 3.8) is 0 Å². The molecule has 0 radical (unpaired) electrons. The highest BCUT2D eigenvalue weighted by Crippen LogP contribution is 2.36. The average molecular weight is 276 g/mol. The highest BCUT2D eigenvalue weighted by molar-refractivity contribution is 6.00. The highest BCUT2D eigenvalue weighted by Gasteiger charge is 2.36. The van der Waals surface area contributed by atoms with Gasteiger partial charge in [0.05, 0.1) is 18.6 Å². The molecule has 0 amide bonds. The van der Waals surface area contributed by atoms with Gasteiger partial charge in [0.15, 0.2) is 5.78 Å². The summed E-state index contributed by atoms with van der Waals surface area (Å²) in [5, 5.41) is 0. The van der Waals surface area contributed by atoms with E-state index in [2.05, 4.69) is 0 Å². The van der Waals surface area contributed by atoms with Gasteiger partial charge in [-0.05, 0) is 39.3 Å². The Morgan fingerprint density at radius 3 is 2.90 bits per heavy atom. The summed E-state index contributed by atoms with van der Waals surface area (Å²) in [5.74, 6) is 0.430. The fourth-order valence-corrected chi connectivity index (χ4v) is 2.43.